The molecular formula is C13H17N3O2. The van der Waals surface area contributed by atoms with Crippen molar-refractivity contribution in [2.24, 2.45) is 5.84 Å². The normalized spacial score (nSPS) is 10.6. The summed E-state index contributed by atoms with van der Waals surface area (Å²) in [7, 11) is 0. The number of rotatable bonds is 4. The van der Waals surface area contributed by atoms with E-state index < -0.39 is 5.63 Å². The maximum Gasteiger partial charge on any atom is 0.338 e. The van der Waals surface area contributed by atoms with Gasteiger partial charge in [0.2, 0.25) is 0 Å². The molecule has 0 bridgehead atoms. The summed E-state index contributed by atoms with van der Waals surface area (Å²) in [5.74, 6) is 5.39. The first-order valence-corrected chi connectivity index (χ1v) is 5.99. The van der Waals surface area contributed by atoms with Gasteiger partial charge in [-0.1, -0.05) is 0 Å². The summed E-state index contributed by atoms with van der Waals surface area (Å²) >= 11 is 0. The highest BCUT2D eigenvalue weighted by Gasteiger charge is 2.08. The molecule has 0 aliphatic heterocycles. The molecule has 0 aliphatic carbocycles. The predicted octanol–water partition coefficient (Wildman–Crippen LogP) is 1.92. The van der Waals surface area contributed by atoms with E-state index in [1.807, 2.05) is 18.2 Å². The minimum absolute atomic E-state index is 0.410. The van der Waals surface area contributed by atoms with Gasteiger partial charge in [0.05, 0.1) is 5.69 Å². The van der Waals surface area contributed by atoms with E-state index >= 15 is 0 Å². The van der Waals surface area contributed by atoms with E-state index in [2.05, 4.69) is 24.2 Å². The number of hydrogen-bond acceptors (Lipinski definition) is 5. The van der Waals surface area contributed by atoms with Crippen molar-refractivity contribution < 1.29 is 4.42 Å². The number of hydrazine groups is 1. The van der Waals surface area contributed by atoms with Crippen molar-refractivity contribution in [1.82, 2.24) is 0 Å². The SMILES string of the molecule is CCN(CC)c1ccc2c(NN)cc(=O)oc2c1. The lowest BCUT2D eigenvalue weighted by Crippen LogP contribution is -2.21. The summed E-state index contributed by atoms with van der Waals surface area (Å²) in [6.07, 6.45) is 0. The Hall–Kier alpha value is -2.01. The molecule has 0 saturated carbocycles. The molecule has 96 valence electrons. The van der Waals surface area contributed by atoms with Crippen LogP contribution in [0.25, 0.3) is 11.0 Å². The third kappa shape index (κ3) is 2.17. The van der Waals surface area contributed by atoms with Crippen LogP contribution in [0.2, 0.25) is 0 Å². The summed E-state index contributed by atoms with van der Waals surface area (Å²) in [4.78, 5) is 13.6. The Balaban J connectivity index is 2.61. The molecule has 3 N–H and O–H groups in total. The Morgan fingerprint density at radius 2 is 2.00 bits per heavy atom. The molecule has 0 radical (unpaired) electrons. The second-order valence-corrected chi connectivity index (χ2v) is 3.98. The monoisotopic (exact) mass is 247 g/mol. The fourth-order valence-corrected chi connectivity index (χ4v) is 2.06. The van der Waals surface area contributed by atoms with Crippen LogP contribution >= 0.6 is 0 Å². The average Bonchev–Trinajstić information content (AvgIpc) is 2.38. The largest absolute Gasteiger partial charge is 0.423 e. The van der Waals surface area contributed by atoms with Crippen molar-refractivity contribution in [3.63, 3.8) is 0 Å². The van der Waals surface area contributed by atoms with Crippen LogP contribution in [0.4, 0.5) is 11.4 Å². The molecule has 0 aliphatic rings. The van der Waals surface area contributed by atoms with Crippen molar-refractivity contribution >= 4 is 22.3 Å². The molecule has 2 rings (SSSR count). The van der Waals surface area contributed by atoms with Crippen LogP contribution in [0.5, 0.6) is 0 Å². The van der Waals surface area contributed by atoms with Crippen LogP contribution in [0.3, 0.4) is 0 Å². The zero-order chi connectivity index (χ0) is 13.1. The van der Waals surface area contributed by atoms with Crippen molar-refractivity contribution in [3.8, 4) is 0 Å². The van der Waals surface area contributed by atoms with E-state index in [4.69, 9.17) is 10.3 Å². The van der Waals surface area contributed by atoms with Crippen LogP contribution in [-0.4, -0.2) is 13.1 Å². The molecule has 1 aromatic carbocycles. The number of hydrogen-bond donors (Lipinski definition) is 2. The lowest BCUT2D eigenvalue weighted by atomic mass is 10.2. The highest BCUT2D eigenvalue weighted by atomic mass is 16.4. The van der Waals surface area contributed by atoms with Gasteiger partial charge in [-0.15, -0.1) is 0 Å². The third-order valence-corrected chi connectivity index (χ3v) is 3.01. The first-order valence-electron chi connectivity index (χ1n) is 5.99. The average molecular weight is 247 g/mol. The maximum absolute atomic E-state index is 11.4. The molecule has 0 atom stereocenters. The Morgan fingerprint density at radius 1 is 1.28 bits per heavy atom. The molecule has 0 fully saturated rings. The second kappa shape index (κ2) is 5.10. The smallest absolute Gasteiger partial charge is 0.338 e. The number of benzene rings is 1. The first kappa shape index (κ1) is 12.4. The van der Waals surface area contributed by atoms with E-state index in [0.717, 1.165) is 24.2 Å². The number of nitrogens with zero attached hydrogens (tertiary/aromatic N) is 1. The molecule has 18 heavy (non-hydrogen) atoms. The predicted molar refractivity (Wildman–Crippen MR) is 73.9 cm³/mol. The molecule has 0 spiro atoms. The maximum atomic E-state index is 11.4. The van der Waals surface area contributed by atoms with Crippen molar-refractivity contribution in [2.75, 3.05) is 23.4 Å². The van der Waals surface area contributed by atoms with Crippen LogP contribution in [0, 0.1) is 0 Å². The standard InChI is InChI=1S/C13H17N3O2/c1-3-16(4-2)9-5-6-10-11(15-14)8-13(17)18-12(10)7-9/h5-8,15H,3-4,14H2,1-2H3. The molecule has 5 nitrogen and oxygen atoms in total. The zero-order valence-electron chi connectivity index (χ0n) is 10.6. The second-order valence-electron chi connectivity index (χ2n) is 3.98. The van der Waals surface area contributed by atoms with Crippen LogP contribution in [0.1, 0.15) is 13.8 Å². The van der Waals surface area contributed by atoms with E-state index in [1.54, 1.807) is 0 Å². The number of nitrogen functional groups attached to an aromatic ring is 1. The lowest BCUT2D eigenvalue weighted by Gasteiger charge is -2.21. The van der Waals surface area contributed by atoms with Crippen molar-refractivity contribution in [2.45, 2.75) is 13.8 Å². The first-order chi connectivity index (χ1) is 8.69. The molecule has 2 aromatic rings. The fourth-order valence-electron chi connectivity index (χ4n) is 2.06. The van der Waals surface area contributed by atoms with Crippen LogP contribution in [-0.2, 0) is 0 Å². The number of fused-ring (bicyclic) bond motifs is 1. The number of nitrogens with two attached hydrogens (primary N) is 1. The zero-order valence-corrected chi connectivity index (χ0v) is 10.6. The molecular weight excluding hydrogens is 230 g/mol. The van der Waals surface area contributed by atoms with Gasteiger partial charge in [0.1, 0.15) is 5.58 Å². The minimum atomic E-state index is -0.410. The molecule has 5 heteroatoms. The van der Waals surface area contributed by atoms with Crippen molar-refractivity contribution in [1.29, 1.82) is 0 Å². The van der Waals surface area contributed by atoms with E-state index in [1.165, 1.54) is 6.07 Å². The van der Waals surface area contributed by atoms with Crippen LogP contribution in [0.15, 0.2) is 33.5 Å². The highest BCUT2D eigenvalue weighted by molar-refractivity contribution is 5.91. The number of anilines is 2. The van der Waals surface area contributed by atoms with Gasteiger partial charge in [-0.25, -0.2) is 4.79 Å². The van der Waals surface area contributed by atoms with E-state index in [-0.39, 0.29) is 0 Å². The lowest BCUT2D eigenvalue weighted by molar-refractivity contribution is 0.561. The van der Waals surface area contributed by atoms with E-state index in [9.17, 15) is 4.79 Å². The van der Waals surface area contributed by atoms with Gasteiger partial charge in [0.25, 0.3) is 0 Å². The molecule has 0 saturated heterocycles. The Bertz CT molecular complexity index is 603. The van der Waals surface area contributed by atoms with Gasteiger partial charge in [-0.3, -0.25) is 5.84 Å². The molecule has 0 unspecified atom stereocenters. The van der Waals surface area contributed by atoms with Gasteiger partial charge in [0, 0.05) is 36.3 Å². The minimum Gasteiger partial charge on any atom is -0.423 e. The Morgan fingerprint density at radius 3 is 2.61 bits per heavy atom. The summed E-state index contributed by atoms with van der Waals surface area (Å²) < 4.78 is 5.21. The molecule has 1 aromatic heterocycles. The van der Waals surface area contributed by atoms with E-state index in [0.29, 0.717) is 11.3 Å². The Labute approximate surface area is 105 Å². The molecule has 1 heterocycles. The van der Waals surface area contributed by atoms with Gasteiger partial charge >= 0.3 is 5.63 Å². The quantitative estimate of drug-likeness (QED) is 0.490. The summed E-state index contributed by atoms with van der Waals surface area (Å²) in [6, 6.07) is 7.11. The highest BCUT2D eigenvalue weighted by Crippen LogP contribution is 2.25. The van der Waals surface area contributed by atoms with Gasteiger partial charge in [-0.2, -0.15) is 0 Å². The van der Waals surface area contributed by atoms with Crippen molar-refractivity contribution in [3.05, 3.63) is 34.7 Å². The Kier molecular flexibility index (Phi) is 3.53. The summed E-state index contributed by atoms with van der Waals surface area (Å²) in [5, 5.41) is 0.799. The van der Waals surface area contributed by atoms with Gasteiger partial charge < -0.3 is 14.7 Å². The van der Waals surface area contributed by atoms with Gasteiger partial charge in [-0.05, 0) is 26.0 Å². The summed E-state index contributed by atoms with van der Waals surface area (Å²) in [6.45, 7) is 5.98. The summed E-state index contributed by atoms with van der Waals surface area (Å²) in [5.41, 5.74) is 4.25. The fraction of sp³-hybridized carbons (Fsp3) is 0.308. The topological polar surface area (TPSA) is 71.5 Å². The molecule has 0 amide bonds. The third-order valence-electron chi connectivity index (χ3n) is 3.01. The van der Waals surface area contributed by atoms with Crippen LogP contribution < -0.4 is 21.8 Å². The van der Waals surface area contributed by atoms with Gasteiger partial charge in [0.15, 0.2) is 0 Å². The number of nitrogens with one attached hydrogen (secondary N) is 1.